The fraction of sp³-hybridized carbons (Fsp3) is 0.250. The summed E-state index contributed by atoms with van der Waals surface area (Å²) in [4.78, 5) is 5.23. The Morgan fingerprint density at radius 2 is 2.35 bits per heavy atom. The summed E-state index contributed by atoms with van der Waals surface area (Å²) < 4.78 is 14.0. The maximum absolute atomic E-state index is 13.5. The van der Waals surface area contributed by atoms with Crippen molar-refractivity contribution in [2.24, 2.45) is 0 Å². The molecular formula is C12H12BrFN2S. The molecule has 0 bridgehead atoms. The van der Waals surface area contributed by atoms with E-state index in [0.29, 0.717) is 4.47 Å². The van der Waals surface area contributed by atoms with Gasteiger partial charge < -0.3 is 5.32 Å². The van der Waals surface area contributed by atoms with E-state index in [9.17, 15) is 4.39 Å². The molecule has 2 rings (SSSR count). The molecule has 1 atom stereocenters. The van der Waals surface area contributed by atoms with Gasteiger partial charge in [-0.05, 0) is 40.7 Å². The van der Waals surface area contributed by atoms with Gasteiger partial charge in [0, 0.05) is 23.5 Å². The molecule has 0 radical (unpaired) electrons. The first-order chi connectivity index (χ1) is 8.20. The van der Waals surface area contributed by atoms with Crippen LogP contribution in [0.5, 0.6) is 0 Å². The summed E-state index contributed by atoms with van der Waals surface area (Å²) in [6.45, 7) is 0. The molecule has 1 aromatic carbocycles. The van der Waals surface area contributed by atoms with Crippen LogP contribution in [0.2, 0.25) is 0 Å². The summed E-state index contributed by atoms with van der Waals surface area (Å²) in [6.07, 6.45) is 2.67. The Bertz CT molecular complexity index is 487. The predicted octanol–water partition coefficient (Wildman–Crippen LogP) is 3.55. The SMILES string of the molecule is CNC(Cc1cncs1)c1ccc(Br)c(F)c1. The van der Waals surface area contributed by atoms with Gasteiger partial charge in [-0.2, -0.15) is 0 Å². The molecule has 2 aromatic rings. The molecule has 17 heavy (non-hydrogen) atoms. The summed E-state index contributed by atoms with van der Waals surface area (Å²) in [5.74, 6) is -0.230. The van der Waals surface area contributed by atoms with Crippen molar-refractivity contribution in [2.45, 2.75) is 12.5 Å². The van der Waals surface area contributed by atoms with Crippen molar-refractivity contribution >= 4 is 27.3 Å². The van der Waals surface area contributed by atoms with Crippen LogP contribution in [0.3, 0.4) is 0 Å². The minimum atomic E-state index is -0.230. The van der Waals surface area contributed by atoms with Crippen LogP contribution in [-0.2, 0) is 6.42 Å². The topological polar surface area (TPSA) is 24.9 Å². The van der Waals surface area contributed by atoms with Gasteiger partial charge in [-0.3, -0.25) is 4.98 Å². The highest BCUT2D eigenvalue weighted by Crippen LogP contribution is 2.24. The highest BCUT2D eigenvalue weighted by atomic mass is 79.9. The van der Waals surface area contributed by atoms with Gasteiger partial charge in [0.25, 0.3) is 0 Å². The number of nitrogens with zero attached hydrogens (tertiary/aromatic N) is 1. The monoisotopic (exact) mass is 314 g/mol. The summed E-state index contributed by atoms with van der Waals surface area (Å²) in [6, 6.07) is 5.33. The van der Waals surface area contributed by atoms with E-state index in [1.54, 1.807) is 23.5 Å². The molecule has 5 heteroatoms. The van der Waals surface area contributed by atoms with Gasteiger partial charge in [-0.1, -0.05) is 6.07 Å². The number of rotatable bonds is 4. The Labute approximate surface area is 112 Å². The molecule has 0 amide bonds. The molecule has 1 unspecified atom stereocenters. The van der Waals surface area contributed by atoms with Gasteiger partial charge >= 0.3 is 0 Å². The van der Waals surface area contributed by atoms with Gasteiger partial charge in [0.05, 0.1) is 9.98 Å². The third-order valence-corrected chi connectivity index (χ3v) is 4.03. The Kier molecular flexibility index (Phi) is 4.25. The summed E-state index contributed by atoms with van der Waals surface area (Å²) in [7, 11) is 1.88. The average molecular weight is 315 g/mol. The van der Waals surface area contributed by atoms with Gasteiger partial charge in [0.15, 0.2) is 0 Å². The highest BCUT2D eigenvalue weighted by Gasteiger charge is 2.12. The van der Waals surface area contributed by atoms with Gasteiger partial charge in [0.1, 0.15) is 5.82 Å². The van der Waals surface area contributed by atoms with E-state index in [1.807, 2.05) is 24.8 Å². The second-order valence-corrected chi connectivity index (χ2v) is 5.51. The molecule has 0 aliphatic carbocycles. The van der Waals surface area contributed by atoms with E-state index in [1.165, 1.54) is 4.88 Å². The molecule has 1 aromatic heterocycles. The molecule has 1 heterocycles. The number of nitrogens with one attached hydrogen (secondary N) is 1. The lowest BCUT2D eigenvalue weighted by Gasteiger charge is -2.15. The van der Waals surface area contributed by atoms with Crippen LogP contribution in [0.1, 0.15) is 16.5 Å². The van der Waals surface area contributed by atoms with Crippen molar-refractivity contribution < 1.29 is 4.39 Å². The van der Waals surface area contributed by atoms with E-state index >= 15 is 0 Å². The Morgan fingerprint density at radius 1 is 1.53 bits per heavy atom. The van der Waals surface area contributed by atoms with Crippen LogP contribution in [0.15, 0.2) is 34.4 Å². The molecule has 2 nitrogen and oxygen atoms in total. The summed E-state index contributed by atoms with van der Waals surface area (Å²) in [5.41, 5.74) is 2.76. The van der Waals surface area contributed by atoms with Crippen LogP contribution >= 0.6 is 27.3 Å². The number of likely N-dealkylation sites (N-methyl/N-ethyl adjacent to an activating group) is 1. The lowest BCUT2D eigenvalue weighted by molar-refractivity contribution is 0.578. The van der Waals surface area contributed by atoms with E-state index in [2.05, 4.69) is 26.2 Å². The van der Waals surface area contributed by atoms with Crippen molar-refractivity contribution in [2.75, 3.05) is 7.05 Å². The smallest absolute Gasteiger partial charge is 0.137 e. The molecule has 0 fully saturated rings. The fourth-order valence-corrected chi connectivity index (χ4v) is 2.55. The Balaban J connectivity index is 2.20. The zero-order valence-corrected chi connectivity index (χ0v) is 11.7. The van der Waals surface area contributed by atoms with Crippen molar-refractivity contribution in [1.82, 2.24) is 10.3 Å². The zero-order chi connectivity index (χ0) is 12.3. The van der Waals surface area contributed by atoms with Crippen LogP contribution in [0.25, 0.3) is 0 Å². The summed E-state index contributed by atoms with van der Waals surface area (Å²) in [5, 5.41) is 3.20. The number of hydrogen-bond donors (Lipinski definition) is 1. The number of benzene rings is 1. The first kappa shape index (κ1) is 12.7. The van der Waals surface area contributed by atoms with E-state index < -0.39 is 0 Å². The number of hydrogen-bond acceptors (Lipinski definition) is 3. The van der Waals surface area contributed by atoms with Crippen LogP contribution in [0.4, 0.5) is 4.39 Å². The molecular weight excluding hydrogens is 303 g/mol. The van der Waals surface area contributed by atoms with Crippen LogP contribution < -0.4 is 5.32 Å². The molecule has 0 saturated heterocycles. The normalized spacial score (nSPS) is 12.6. The Hall–Kier alpha value is -0.780. The number of aromatic nitrogens is 1. The van der Waals surface area contributed by atoms with E-state index in [-0.39, 0.29) is 11.9 Å². The first-order valence-corrected chi connectivity index (χ1v) is 6.87. The minimum absolute atomic E-state index is 0.109. The quantitative estimate of drug-likeness (QED) is 0.933. The molecule has 0 aliphatic heterocycles. The molecule has 1 N–H and O–H groups in total. The maximum Gasteiger partial charge on any atom is 0.137 e. The maximum atomic E-state index is 13.5. The third kappa shape index (κ3) is 3.12. The summed E-state index contributed by atoms with van der Waals surface area (Å²) >= 11 is 4.77. The number of halogens is 2. The first-order valence-electron chi connectivity index (χ1n) is 5.20. The van der Waals surface area contributed by atoms with Crippen LogP contribution in [-0.4, -0.2) is 12.0 Å². The largest absolute Gasteiger partial charge is 0.313 e. The van der Waals surface area contributed by atoms with Crippen molar-refractivity contribution in [3.63, 3.8) is 0 Å². The fourth-order valence-electron chi connectivity index (χ4n) is 1.66. The highest BCUT2D eigenvalue weighted by molar-refractivity contribution is 9.10. The molecule has 0 aliphatic rings. The average Bonchev–Trinajstić information content (AvgIpc) is 2.82. The lowest BCUT2D eigenvalue weighted by atomic mass is 10.0. The van der Waals surface area contributed by atoms with E-state index in [0.717, 1.165) is 12.0 Å². The van der Waals surface area contributed by atoms with Crippen molar-refractivity contribution in [3.8, 4) is 0 Å². The number of thiazole rings is 1. The second-order valence-electron chi connectivity index (χ2n) is 3.69. The van der Waals surface area contributed by atoms with Gasteiger partial charge in [0.2, 0.25) is 0 Å². The predicted molar refractivity (Wildman–Crippen MR) is 71.7 cm³/mol. The standard InChI is InChI=1S/C12H12BrFN2S/c1-15-12(5-9-6-16-7-17-9)8-2-3-10(13)11(14)4-8/h2-4,6-7,12,15H,5H2,1H3. The Morgan fingerprint density at radius 3 is 2.94 bits per heavy atom. The van der Waals surface area contributed by atoms with Crippen molar-refractivity contribution in [1.29, 1.82) is 0 Å². The zero-order valence-electron chi connectivity index (χ0n) is 9.28. The van der Waals surface area contributed by atoms with Gasteiger partial charge in [-0.25, -0.2) is 4.39 Å². The lowest BCUT2D eigenvalue weighted by Crippen LogP contribution is -2.18. The van der Waals surface area contributed by atoms with E-state index in [4.69, 9.17) is 0 Å². The molecule has 0 spiro atoms. The van der Waals surface area contributed by atoms with Crippen LogP contribution in [0, 0.1) is 5.82 Å². The minimum Gasteiger partial charge on any atom is -0.313 e. The second kappa shape index (κ2) is 5.71. The molecule has 0 saturated carbocycles. The molecule has 90 valence electrons. The van der Waals surface area contributed by atoms with Gasteiger partial charge in [-0.15, -0.1) is 11.3 Å². The van der Waals surface area contributed by atoms with Crippen molar-refractivity contribution in [3.05, 3.63) is 50.6 Å². The third-order valence-electron chi connectivity index (χ3n) is 2.58.